The highest BCUT2D eigenvalue weighted by Crippen LogP contribution is 2.32. The molecule has 5 nitrogen and oxygen atoms in total. The predicted octanol–water partition coefficient (Wildman–Crippen LogP) is 3.29. The third-order valence-corrected chi connectivity index (χ3v) is 5.57. The number of anilines is 1. The van der Waals surface area contributed by atoms with Gasteiger partial charge >= 0.3 is 0 Å². The first-order valence-electron chi connectivity index (χ1n) is 9.23. The molecule has 2 amide bonds. The zero-order valence-electron chi connectivity index (χ0n) is 14.7. The van der Waals surface area contributed by atoms with Crippen LogP contribution in [-0.4, -0.2) is 42.4 Å². The highest BCUT2D eigenvalue weighted by Gasteiger charge is 2.37. The molecular formula is C19H26ClN3O2. The van der Waals surface area contributed by atoms with Gasteiger partial charge in [-0.25, -0.2) is 0 Å². The number of fused-ring (bicyclic) bond motifs is 1. The number of carbonyl (C=O) groups excluding carboxylic acids is 2. The number of halogens is 1. The molecule has 2 saturated heterocycles. The lowest BCUT2D eigenvalue weighted by molar-refractivity contribution is -0.124. The van der Waals surface area contributed by atoms with Crippen LogP contribution in [0.25, 0.3) is 0 Å². The summed E-state index contributed by atoms with van der Waals surface area (Å²) in [4.78, 5) is 27.4. The van der Waals surface area contributed by atoms with Crippen molar-refractivity contribution < 1.29 is 9.59 Å². The van der Waals surface area contributed by atoms with Crippen LogP contribution in [0.3, 0.4) is 0 Å². The van der Waals surface area contributed by atoms with Gasteiger partial charge < -0.3 is 10.6 Å². The van der Waals surface area contributed by atoms with E-state index in [1.807, 2.05) is 6.92 Å². The molecule has 0 unspecified atom stereocenters. The first-order chi connectivity index (χ1) is 12.1. The zero-order chi connectivity index (χ0) is 17.8. The Hall–Kier alpha value is -1.59. The average Bonchev–Trinajstić information content (AvgIpc) is 2.63. The number of carbonyl (C=O) groups is 2. The fraction of sp³-hybridized carbons (Fsp3) is 0.579. The maximum Gasteiger partial charge on any atom is 0.252 e. The summed E-state index contributed by atoms with van der Waals surface area (Å²) in [5.41, 5.74) is 1.02. The number of nitrogens with zero attached hydrogens (tertiary/aromatic N) is 1. The topological polar surface area (TPSA) is 61.4 Å². The Balaban J connectivity index is 1.72. The molecule has 2 aliphatic rings. The smallest absolute Gasteiger partial charge is 0.252 e. The highest BCUT2D eigenvalue weighted by molar-refractivity contribution is 6.34. The van der Waals surface area contributed by atoms with Crippen molar-refractivity contribution in [2.75, 3.05) is 25.0 Å². The largest absolute Gasteiger partial charge is 0.352 e. The molecule has 0 aliphatic carbocycles. The highest BCUT2D eigenvalue weighted by atomic mass is 35.5. The van der Waals surface area contributed by atoms with E-state index in [1.165, 1.54) is 12.8 Å². The van der Waals surface area contributed by atoms with Crippen LogP contribution in [0.15, 0.2) is 18.2 Å². The van der Waals surface area contributed by atoms with Crippen LogP contribution in [0.2, 0.25) is 5.02 Å². The van der Waals surface area contributed by atoms with E-state index in [0.29, 0.717) is 28.9 Å². The minimum Gasteiger partial charge on any atom is -0.352 e. The van der Waals surface area contributed by atoms with Crippen LogP contribution in [0.5, 0.6) is 0 Å². The van der Waals surface area contributed by atoms with Crippen molar-refractivity contribution in [2.24, 2.45) is 5.92 Å². The van der Waals surface area contributed by atoms with Crippen LogP contribution < -0.4 is 10.6 Å². The van der Waals surface area contributed by atoms with E-state index in [2.05, 4.69) is 15.5 Å². The Morgan fingerprint density at radius 2 is 2.00 bits per heavy atom. The van der Waals surface area contributed by atoms with E-state index in [0.717, 1.165) is 32.4 Å². The van der Waals surface area contributed by atoms with Gasteiger partial charge in [0.25, 0.3) is 5.91 Å². The lowest BCUT2D eigenvalue weighted by Crippen LogP contribution is -2.51. The van der Waals surface area contributed by atoms with Gasteiger partial charge in [-0.2, -0.15) is 0 Å². The van der Waals surface area contributed by atoms with Gasteiger partial charge in [-0.3, -0.25) is 14.5 Å². The standard InChI is InChI=1S/C19H26ClN3O2/c1-2-21-18(24)15-12-13(8-9-16(15)20)22-19(25)14-6-5-11-23-10-4-3-7-17(14)23/h8-9,12,14,17H,2-7,10-11H2,1H3,(H,21,24)(H,22,25)/t14-,17-/m1/s1. The van der Waals surface area contributed by atoms with E-state index in [9.17, 15) is 9.59 Å². The molecule has 6 heteroatoms. The van der Waals surface area contributed by atoms with E-state index >= 15 is 0 Å². The summed E-state index contributed by atoms with van der Waals surface area (Å²) in [5, 5.41) is 6.13. The van der Waals surface area contributed by atoms with Crippen LogP contribution >= 0.6 is 11.6 Å². The summed E-state index contributed by atoms with van der Waals surface area (Å²) in [6.07, 6.45) is 5.54. The maximum absolute atomic E-state index is 12.8. The monoisotopic (exact) mass is 363 g/mol. The molecule has 1 aromatic carbocycles. The Kier molecular flexibility index (Phi) is 5.97. The summed E-state index contributed by atoms with van der Waals surface area (Å²) in [6.45, 7) is 4.61. The molecule has 2 atom stereocenters. The normalized spacial score (nSPS) is 23.6. The molecular weight excluding hydrogens is 338 g/mol. The summed E-state index contributed by atoms with van der Waals surface area (Å²) in [5.74, 6) is -0.141. The molecule has 0 bridgehead atoms. The molecule has 136 valence electrons. The van der Waals surface area contributed by atoms with Crippen molar-refractivity contribution in [1.82, 2.24) is 10.2 Å². The number of hydrogen-bond donors (Lipinski definition) is 2. The zero-order valence-corrected chi connectivity index (χ0v) is 15.4. The third-order valence-electron chi connectivity index (χ3n) is 5.24. The molecule has 2 N–H and O–H groups in total. The van der Waals surface area contributed by atoms with E-state index in [-0.39, 0.29) is 17.7 Å². The number of piperidine rings is 2. The lowest BCUT2D eigenvalue weighted by Gasteiger charge is -2.43. The fourth-order valence-electron chi connectivity index (χ4n) is 4.03. The lowest BCUT2D eigenvalue weighted by atomic mass is 9.83. The molecule has 2 fully saturated rings. The minimum absolute atomic E-state index is 0.0256. The van der Waals surface area contributed by atoms with Crippen molar-refractivity contribution >= 4 is 29.1 Å². The summed E-state index contributed by atoms with van der Waals surface area (Å²) >= 11 is 6.12. The van der Waals surface area contributed by atoms with Gasteiger partial charge in [0, 0.05) is 18.3 Å². The molecule has 2 heterocycles. The first-order valence-corrected chi connectivity index (χ1v) is 9.60. The van der Waals surface area contributed by atoms with Gasteiger partial charge in [0.05, 0.1) is 16.5 Å². The molecule has 1 aromatic rings. The molecule has 0 aromatic heterocycles. The molecule has 0 spiro atoms. The van der Waals surface area contributed by atoms with Crippen molar-refractivity contribution in [1.29, 1.82) is 0 Å². The molecule has 2 aliphatic heterocycles. The second-order valence-electron chi connectivity index (χ2n) is 6.89. The number of amides is 2. The SMILES string of the molecule is CCNC(=O)c1cc(NC(=O)[C@@H]2CCCN3CCCC[C@H]23)ccc1Cl. The minimum atomic E-state index is -0.222. The molecule has 3 rings (SSSR count). The number of benzene rings is 1. The van der Waals surface area contributed by atoms with Gasteiger partial charge in [-0.1, -0.05) is 18.0 Å². The van der Waals surface area contributed by atoms with Crippen molar-refractivity contribution in [2.45, 2.75) is 45.1 Å². The fourth-order valence-corrected chi connectivity index (χ4v) is 4.23. The maximum atomic E-state index is 12.8. The predicted molar refractivity (Wildman–Crippen MR) is 100 cm³/mol. The van der Waals surface area contributed by atoms with Crippen LogP contribution in [0, 0.1) is 5.92 Å². The third kappa shape index (κ3) is 4.15. The first kappa shape index (κ1) is 18.2. The molecule has 0 saturated carbocycles. The van der Waals surface area contributed by atoms with Crippen LogP contribution in [-0.2, 0) is 4.79 Å². The number of rotatable bonds is 4. The van der Waals surface area contributed by atoms with Crippen molar-refractivity contribution in [3.8, 4) is 0 Å². The van der Waals surface area contributed by atoms with Gasteiger partial charge in [-0.05, 0) is 63.9 Å². The van der Waals surface area contributed by atoms with Gasteiger partial charge in [0.1, 0.15) is 0 Å². The van der Waals surface area contributed by atoms with Crippen molar-refractivity contribution in [3.63, 3.8) is 0 Å². The Morgan fingerprint density at radius 1 is 1.20 bits per heavy atom. The summed E-state index contributed by atoms with van der Waals surface area (Å²) in [7, 11) is 0. The van der Waals surface area contributed by atoms with E-state index in [1.54, 1.807) is 18.2 Å². The molecule has 25 heavy (non-hydrogen) atoms. The Bertz CT molecular complexity index is 648. The van der Waals surface area contributed by atoms with Crippen LogP contribution in [0.1, 0.15) is 49.4 Å². The summed E-state index contributed by atoms with van der Waals surface area (Å²) < 4.78 is 0. The van der Waals surface area contributed by atoms with E-state index < -0.39 is 0 Å². The Morgan fingerprint density at radius 3 is 2.80 bits per heavy atom. The van der Waals surface area contributed by atoms with Gasteiger partial charge in [-0.15, -0.1) is 0 Å². The number of hydrogen-bond acceptors (Lipinski definition) is 3. The Labute approximate surface area is 154 Å². The number of nitrogens with one attached hydrogen (secondary N) is 2. The average molecular weight is 364 g/mol. The second-order valence-corrected chi connectivity index (χ2v) is 7.30. The van der Waals surface area contributed by atoms with Crippen molar-refractivity contribution in [3.05, 3.63) is 28.8 Å². The molecule has 0 radical (unpaired) electrons. The quantitative estimate of drug-likeness (QED) is 0.862. The van der Waals surface area contributed by atoms with Gasteiger partial charge in [0.2, 0.25) is 5.91 Å². The van der Waals surface area contributed by atoms with Gasteiger partial charge in [0.15, 0.2) is 0 Å². The second kappa shape index (κ2) is 8.19. The van der Waals surface area contributed by atoms with Crippen LogP contribution in [0.4, 0.5) is 5.69 Å². The van der Waals surface area contributed by atoms with E-state index in [4.69, 9.17) is 11.6 Å². The summed E-state index contributed by atoms with van der Waals surface area (Å²) in [6, 6.07) is 5.43.